The van der Waals surface area contributed by atoms with Crippen molar-refractivity contribution < 1.29 is 56.8 Å². The number of hydrogen-bond acceptors (Lipinski definition) is 6. The Morgan fingerprint density at radius 2 is 1.82 bits per heavy atom. The standard InChI is InChI=1S/C9H10O6S.Na/c1-14-16(12,13)8-4-2-7(3-5-8)15-6-9(10)11;/h2-5H,6H2,1H3,(H,10,11);/q;+1/p-1. The van der Waals surface area contributed by atoms with Crippen LogP contribution in [-0.4, -0.2) is 28.1 Å². The average molecular weight is 268 g/mol. The van der Waals surface area contributed by atoms with E-state index in [4.69, 9.17) is 4.74 Å². The van der Waals surface area contributed by atoms with Gasteiger partial charge in [0.25, 0.3) is 10.1 Å². The first-order valence-corrected chi connectivity index (χ1v) is 5.60. The molecule has 0 unspecified atom stereocenters. The van der Waals surface area contributed by atoms with Crippen molar-refractivity contribution in [3.8, 4) is 5.75 Å². The van der Waals surface area contributed by atoms with Crippen molar-refractivity contribution in [1.29, 1.82) is 0 Å². The Kier molecular flexibility index (Phi) is 6.73. The molecular weight excluding hydrogens is 259 g/mol. The number of benzene rings is 1. The normalized spacial score (nSPS) is 10.4. The summed E-state index contributed by atoms with van der Waals surface area (Å²) in [4.78, 5) is 10.1. The molecule has 8 heteroatoms. The third-order valence-corrected chi connectivity index (χ3v) is 2.98. The monoisotopic (exact) mass is 268 g/mol. The summed E-state index contributed by atoms with van der Waals surface area (Å²) in [6.07, 6.45) is 0. The molecule has 0 saturated heterocycles. The second-order valence-corrected chi connectivity index (χ2v) is 4.47. The molecule has 1 rings (SSSR count). The van der Waals surface area contributed by atoms with Gasteiger partial charge in [0.1, 0.15) is 12.4 Å². The van der Waals surface area contributed by atoms with Gasteiger partial charge in [-0.2, -0.15) is 8.42 Å². The van der Waals surface area contributed by atoms with Crippen LogP contribution in [0.5, 0.6) is 5.75 Å². The van der Waals surface area contributed by atoms with Crippen LogP contribution in [0.2, 0.25) is 0 Å². The fourth-order valence-electron chi connectivity index (χ4n) is 0.941. The quantitative estimate of drug-likeness (QED) is 0.401. The van der Waals surface area contributed by atoms with Gasteiger partial charge in [-0.15, -0.1) is 0 Å². The van der Waals surface area contributed by atoms with Crippen molar-refractivity contribution in [2.75, 3.05) is 13.7 Å². The topological polar surface area (TPSA) is 92.7 Å². The van der Waals surface area contributed by atoms with Crippen LogP contribution in [-0.2, 0) is 19.1 Å². The van der Waals surface area contributed by atoms with Crippen LogP contribution in [0.25, 0.3) is 0 Å². The molecular formula is C9H9NaO6S. The van der Waals surface area contributed by atoms with Gasteiger partial charge in [-0.05, 0) is 24.3 Å². The molecule has 0 bridgehead atoms. The minimum atomic E-state index is -3.73. The van der Waals surface area contributed by atoms with Crippen LogP contribution < -0.4 is 39.4 Å². The average Bonchev–Trinajstić information content (AvgIpc) is 2.27. The molecule has 1 aromatic rings. The molecule has 1 aromatic carbocycles. The molecule has 0 saturated carbocycles. The van der Waals surface area contributed by atoms with E-state index >= 15 is 0 Å². The number of rotatable bonds is 5. The Hall–Kier alpha value is -0.600. The van der Waals surface area contributed by atoms with Crippen molar-refractivity contribution in [3.63, 3.8) is 0 Å². The largest absolute Gasteiger partial charge is 1.00 e. The number of carbonyl (C=O) groups is 1. The van der Waals surface area contributed by atoms with E-state index in [0.717, 1.165) is 7.11 Å². The second-order valence-electron chi connectivity index (χ2n) is 2.75. The zero-order valence-corrected chi connectivity index (χ0v) is 12.2. The molecule has 0 atom stereocenters. The Labute approximate surface area is 121 Å². The van der Waals surface area contributed by atoms with E-state index in [1.54, 1.807) is 0 Å². The van der Waals surface area contributed by atoms with Crippen LogP contribution in [0.1, 0.15) is 0 Å². The van der Waals surface area contributed by atoms with Crippen molar-refractivity contribution in [3.05, 3.63) is 24.3 Å². The van der Waals surface area contributed by atoms with E-state index in [9.17, 15) is 18.3 Å². The van der Waals surface area contributed by atoms with E-state index in [1.807, 2.05) is 0 Å². The molecule has 0 heterocycles. The van der Waals surface area contributed by atoms with E-state index in [-0.39, 0.29) is 40.2 Å². The van der Waals surface area contributed by atoms with Crippen molar-refractivity contribution in [2.24, 2.45) is 0 Å². The van der Waals surface area contributed by atoms with E-state index in [1.165, 1.54) is 24.3 Å². The Morgan fingerprint density at radius 1 is 1.29 bits per heavy atom. The molecule has 0 amide bonds. The summed E-state index contributed by atoms with van der Waals surface area (Å²) < 4.78 is 31.5. The Bertz CT molecular complexity index is 467. The molecule has 0 radical (unpaired) electrons. The number of aliphatic carboxylic acids is 1. The minimum Gasteiger partial charge on any atom is -0.546 e. The number of carboxylic acids is 1. The van der Waals surface area contributed by atoms with Crippen LogP contribution in [0.15, 0.2) is 29.2 Å². The third-order valence-electron chi connectivity index (χ3n) is 1.69. The van der Waals surface area contributed by atoms with Crippen molar-refractivity contribution >= 4 is 16.1 Å². The molecule has 88 valence electrons. The van der Waals surface area contributed by atoms with Gasteiger partial charge in [0.05, 0.1) is 18.0 Å². The number of hydrogen-bond donors (Lipinski definition) is 0. The van der Waals surface area contributed by atoms with Crippen LogP contribution >= 0.6 is 0 Å². The zero-order valence-electron chi connectivity index (χ0n) is 9.37. The molecule has 0 fully saturated rings. The Morgan fingerprint density at radius 3 is 2.24 bits per heavy atom. The van der Waals surface area contributed by atoms with Gasteiger partial charge < -0.3 is 14.6 Å². The van der Waals surface area contributed by atoms with Gasteiger partial charge >= 0.3 is 29.6 Å². The summed E-state index contributed by atoms with van der Waals surface area (Å²) in [6, 6.07) is 5.16. The maximum absolute atomic E-state index is 11.2. The van der Waals surface area contributed by atoms with Gasteiger partial charge in [-0.3, -0.25) is 4.18 Å². The molecule has 6 nitrogen and oxygen atoms in total. The molecule has 0 spiro atoms. The summed E-state index contributed by atoms with van der Waals surface area (Å²) in [5.74, 6) is -1.12. The van der Waals surface area contributed by atoms with Crippen molar-refractivity contribution in [2.45, 2.75) is 4.90 Å². The number of ether oxygens (including phenoxy) is 1. The summed E-state index contributed by atoms with van der Waals surface area (Å²) in [6.45, 7) is -0.587. The minimum absolute atomic E-state index is 0. The van der Waals surface area contributed by atoms with Crippen LogP contribution in [0, 0.1) is 0 Å². The smallest absolute Gasteiger partial charge is 0.546 e. The second kappa shape index (κ2) is 6.97. The molecule has 0 aliphatic carbocycles. The zero-order chi connectivity index (χ0) is 12.2. The molecule has 17 heavy (non-hydrogen) atoms. The summed E-state index contributed by atoms with van der Waals surface area (Å²) in [7, 11) is -2.68. The molecule has 0 aliphatic heterocycles. The van der Waals surface area contributed by atoms with Crippen LogP contribution in [0.3, 0.4) is 0 Å². The van der Waals surface area contributed by atoms with E-state index in [0.29, 0.717) is 0 Å². The van der Waals surface area contributed by atoms with Gasteiger partial charge in [0, 0.05) is 0 Å². The predicted molar refractivity (Wildman–Crippen MR) is 51.1 cm³/mol. The first-order chi connectivity index (χ1) is 7.45. The third kappa shape index (κ3) is 5.05. The van der Waals surface area contributed by atoms with Gasteiger partial charge in [-0.1, -0.05) is 0 Å². The molecule has 0 aliphatic rings. The van der Waals surface area contributed by atoms with E-state index in [2.05, 4.69) is 4.18 Å². The van der Waals surface area contributed by atoms with Gasteiger partial charge in [-0.25, -0.2) is 0 Å². The fraction of sp³-hybridized carbons (Fsp3) is 0.222. The maximum atomic E-state index is 11.2. The Balaban J connectivity index is 0.00000256. The first-order valence-electron chi connectivity index (χ1n) is 4.19. The summed E-state index contributed by atoms with van der Waals surface area (Å²) in [5.41, 5.74) is 0. The van der Waals surface area contributed by atoms with E-state index < -0.39 is 22.7 Å². The molecule has 0 aromatic heterocycles. The van der Waals surface area contributed by atoms with Gasteiger partial charge in [0.15, 0.2) is 0 Å². The van der Waals surface area contributed by atoms with Gasteiger partial charge in [0.2, 0.25) is 0 Å². The summed E-state index contributed by atoms with van der Waals surface area (Å²) in [5, 5.41) is 10.1. The first kappa shape index (κ1) is 16.4. The maximum Gasteiger partial charge on any atom is 1.00 e. The SMILES string of the molecule is COS(=O)(=O)c1ccc(OCC(=O)[O-])cc1.[Na+]. The molecule has 0 N–H and O–H groups in total. The number of carboxylic acid groups (broad SMARTS) is 1. The fourth-order valence-corrected chi connectivity index (χ4v) is 1.60. The number of carbonyl (C=O) groups excluding carboxylic acids is 1. The van der Waals surface area contributed by atoms with Crippen molar-refractivity contribution in [1.82, 2.24) is 0 Å². The summed E-state index contributed by atoms with van der Waals surface area (Å²) >= 11 is 0. The predicted octanol–water partition coefficient (Wildman–Crippen LogP) is -3.85. The van der Waals surface area contributed by atoms with Crippen LogP contribution in [0.4, 0.5) is 0 Å².